The molecule has 3 N–H and O–H groups in total. The molecule has 2 heterocycles. The molecule has 7 nitrogen and oxygen atoms in total. The van der Waals surface area contributed by atoms with Crippen molar-refractivity contribution >= 4 is 34.3 Å². The minimum atomic E-state index is -0.632. The van der Waals surface area contributed by atoms with Crippen molar-refractivity contribution in [1.29, 1.82) is 0 Å². The lowest BCUT2D eigenvalue weighted by molar-refractivity contribution is 0.102. The van der Waals surface area contributed by atoms with Crippen LogP contribution in [-0.4, -0.2) is 15.5 Å². The second-order valence-electron chi connectivity index (χ2n) is 6.50. The highest BCUT2D eigenvalue weighted by Crippen LogP contribution is 2.19. The molecule has 30 heavy (non-hydrogen) atoms. The monoisotopic (exact) mass is 418 g/mol. The van der Waals surface area contributed by atoms with Crippen molar-refractivity contribution in [1.82, 2.24) is 9.55 Å². The van der Waals surface area contributed by atoms with Gasteiger partial charge in [-0.2, -0.15) is 0 Å². The Hall–Kier alpha value is -3.91. The third-order valence-electron chi connectivity index (χ3n) is 4.40. The van der Waals surface area contributed by atoms with Crippen molar-refractivity contribution in [3.05, 3.63) is 110 Å². The molecule has 1 amide bonds. The zero-order valence-corrected chi connectivity index (χ0v) is 16.6. The summed E-state index contributed by atoms with van der Waals surface area (Å²) in [5, 5.41) is 7.81. The number of hydrogen-bond acceptors (Lipinski definition) is 5. The molecule has 0 bridgehead atoms. The van der Waals surface area contributed by atoms with Crippen LogP contribution in [0.1, 0.15) is 15.2 Å². The third kappa shape index (κ3) is 4.39. The summed E-state index contributed by atoms with van der Waals surface area (Å²) in [5.41, 5.74) is 1.04. The SMILES string of the molecule is O=C(Nc1ccc(Nc2ccccc2)cc1)c1c[nH]c(=O)n(Cc2cccs2)c1=O. The quantitative estimate of drug-likeness (QED) is 0.445. The number of benzene rings is 2. The molecule has 2 aromatic heterocycles. The van der Waals surface area contributed by atoms with E-state index in [1.807, 2.05) is 60.0 Å². The molecule has 0 aliphatic carbocycles. The number of thiophene rings is 1. The number of nitrogens with one attached hydrogen (secondary N) is 3. The van der Waals surface area contributed by atoms with Crippen LogP contribution >= 0.6 is 11.3 Å². The van der Waals surface area contributed by atoms with E-state index < -0.39 is 17.2 Å². The van der Waals surface area contributed by atoms with E-state index in [2.05, 4.69) is 15.6 Å². The van der Waals surface area contributed by atoms with Gasteiger partial charge in [0.15, 0.2) is 0 Å². The molecule has 8 heteroatoms. The van der Waals surface area contributed by atoms with Gasteiger partial charge in [-0.25, -0.2) is 4.79 Å². The normalized spacial score (nSPS) is 10.5. The van der Waals surface area contributed by atoms with Gasteiger partial charge >= 0.3 is 5.69 Å². The van der Waals surface area contributed by atoms with Gasteiger partial charge in [0.05, 0.1) is 6.54 Å². The molecule has 2 aromatic carbocycles. The molecule has 0 spiro atoms. The second kappa shape index (κ2) is 8.62. The topological polar surface area (TPSA) is 96.0 Å². The standard InChI is InChI=1S/C22H18N4O3S/c27-20(19-13-23-22(29)26(21(19)28)14-18-7-4-12-30-18)25-17-10-8-16(9-11-17)24-15-5-2-1-3-6-15/h1-13,24H,14H2,(H,23,29)(H,25,27). The number of para-hydroxylation sites is 1. The van der Waals surface area contributed by atoms with Crippen LogP contribution in [0.2, 0.25) is 0 Å². The van der Waals surface area contributed by atoms with Crippen LogP contribution in [0.4, 0.5) is 17.1 Å². The molecule has 0 aliphatic heterocycles. The Morgan fingerprint density at radius 2 is 1.60 bits per heavy atom. The van der Waals surface area contributed by atoms with Gasteiger partial charge in [0.1, 0.15) is 5.56 Å². The molecule has 0 atom stereocenters. The first-order valence-electron chi connectivity index (χ1n) is 9.18. The van der Waals surface area contributed by atoms with Gasteiger partial charge in [-0.05, 0) is 47.8 Å². The fourth-order valence-electron chi connectivity index (χ4n) is 2.90. The third-order valence-corrected chi connectivity index (χ3v) is 5.27. The minimum absolute atomic E-state index is 0.118. The molecule has 150 valence electrons. The Bertz CT molecular complexity index is 1260. The largest absolute Gasteiger partial charge is 0.356 e. The van der Waals surface area contributed by atoms with Gasteiger partial charge in [0.2, 0.25) is 0 Å². The van der Waals surface area contributed by atoms with Gasteiger partial charge in [-0.3, -0.25) is 14.2 Å². The average Bonchev–Trinajstić information content (AvgIpc) is 3.26. The number of H-pyrrole nitrogens is 1. The Morgan fingerprint density at radius 3 is 2.30 bits per heavy atom. The molecule has 4 rings (SSSR count). The van der Waals surface area contributed by atoms with Crippen LogP contribution in [0.15, 0.2) is 87.9 Å². The zero-order chi connectivity index (χ0) is 20.9. The molecule has 0 aliphatic rings. The molecule has 0 saturated carbocycles. The first kappa shape index (κ1) is 19.4. The van der Waals surface area contributed by atoms with E-state index in [9.17, 15) is 14.4 Å². The van der Waals surface area contributed by atoms with E-state index in [1.165, 1.54) is 11.3 Å². The fourth-order valence-corrected chi connectivity index (χ4v) is 3.59. The van der Waals surface area contributed by atoms with E-state index in [1.54, 1.807) is 12.1 Å². The number of aromatic amines is 1. The molecule has 0 unspecified atom stereocenters. The first-order chi connectivity index (χ1) is 14.6. The Labute approximate surface area is 175 Å². The average molecular weight is 418 g/mol. The second-order valence-corrected chi connectivity index (χ2v) is 7.53. The van der Waals surface area contributed by atoms with E-state index in [0.29, 0.717) is 5.69 Å². The highest BCUT2D eigenvalue weighted by Gasteiger charge is 2.15. The summed E-state index contributed by atoms with van der Waals surface area (Å²) < 4.78 is 1.02. The lowest BCUT2D eigenvalue weighted by Gasteiger charge is -2.09. The van der Waals surface area contributed by atoms with Crippen molar-refractivity contribution < 1.29 is 4.79 Å². The highest BCUT2D eigenvalue weighted by atomic mass is 32.1. The summed E-state index contributed by atoms with van der Waals surface area (Å²) in [6.45, 7) is 0.118. The predicted octanol–water partition coefficient (Wildman–Crippen LogP) is 3.64. The Kier molecular flexibility index (Phi) is 5.58. The maximum atomic E-state index is 12.7. The van der Waals surface area contributed by atoms with Crippen LogP contribution in [0.25, 0.3) is 0 Å². The van der Waals surface area contributed by atoms with Gasteiger partial charge in [-0.1, -0.05) is 24.3 Å². The van der Waals surface area contributed by atoms with E-state index in [-0.39, 0.29) is 12.1 Å². The van der Waals surface area contributed by atoms with Gasteiger partial charge in [-0.15, -0.1) is 11.3 Å². The van der Waals surface area contributed by atoms with Crippen molar-refractivity contribution in [2.45, 2.75) is 6.54 Å². The zero-order valence-electron chi connectivity index (χ0n) is 15.8. The van der Waals surface area contributed by atoms with Crippen molar-refractivity contribution in [3.63, 3.8) is 0 Å². The number of anilines is 3. The minimum Gasteiger partial charge on any atom is -0.356 e. The summed E-state index contributed by atoms with van der Waals surface area (Å²) in [5.74, 6) is -0.583. The van der Waals surface area contributed by atoms with Crippen LogP contribution in [0.3, 0.4) is 0 Å². The number of nitrogens with zero attached hydrogens (tertiary/aromatic N) is 1. The van der Waals surface area contributed by atoms with Crippen LogP contribution in [-0.2, 0) is 6.54 Å². The number of amides is 1. The van der Waals surface area contributed by atoms with Crippen molar-refractivity contribution in [2.75, 3.05) is 10.6 Å². The highest BCUT2D eigenvalue weighted by molar-refractivity contribution is 7.09. The summed E-state index contributed by atoms with van der Waals surface area (Å²) in [6, 6.07) is 20.5. The summed E-state index contributed by atoms with van der Waals surface area (Å²) >= 11 is 1.43. The van der Waals surface area contributed by atoms with Crippen molar-refractivity contribution in [3.8, 4) is 0 Å². The fraction of sp³-hybridized carbons (Fsp3) is 0.0455. The smallest absolute Gasteiger partial charge is 0.328 e. The van der Waals surface area contributed by atoms with Crippen LogP contribution in [0, 0.1) is 0 Å². The van der Waals surface area contributed by atoms with E-state index in [4.69, 9.17) is 0 Å². The Balaban J connectivity index is 1.50. The maximum Gasteiger partial charge on any atom is 0.328 e. The summed E-state index contributed by atoms with van der Waals surface area (Å²) in [6.07, 6.45) is 1.15. The van der Waals surface area contributed by atoms with Crippen molar-refractivity contribution in [2.24, 2.45) is 0 Å². The number of carbonyl (C=O) groups is 1. The molecular weight excluding hydrogens is 400 g/mol. The number of rotatable bonds is 6. The summed E-state index contributed by atoms with van der Waals surface area (Å²) in [4.78, 5) is 40.7. The number of aromatic nitrogens is 2. The Morgan fingerprint density at radius 1 is 0.900 bits per heavy atom. The molecule has 0 radical (unpaired) electrons. The molecular formula is C22H18N4O3S. The first-order valence-corrected chi connectivity index (χ1v) is 10.1. The number of carbonyl (C=O) groups excluding carboxylic acids is 1. The van der Waals surface area contributed by atoms with Crippen LogP contribution < -0.4 is 21.9 Å². The predicted molar refractivity (Wildman–Crippen MR) is 119 cm³/mol. The van der Waals surface area contributed by atoms with Crippen LogP contribution in [0.5, 0.6) is 0 Å². The number of hydrogen-bond donors (Lipinski definition) is 3. The lowest BCUT2D eigenvalue weighted by Crippen LogP contribution is -2.39. The van der Waals surface area contributed by atoms with Gasteiger partial charge < -0.3 is 15.6 Å². The maximum absolute atomic E-state index is 12.7. The molecule has 0 saturated heterocycles. The van der Waals surface area contributed by atoms with E-state index in [0.717, 1.165) is 27.0 Å². The lowest BCUT2D eigenvalue weighted by atomic mass is 10.2. The van der Waals surface area contributed by atoms with E-state index >= 15 is 0 Å². The van der Waals surface area contributed by atoms with Gasteiger partial charge in [0, 0.05) is 28.1 Å². The van der Waals surface area contributed by atoms with Gasteiger partial charge in [0.25, 0.3) is 11.5 Å². The summed E-state index contributed by atoms with van der Waals surface area (Å²) in [7, 11) is 0. The molecule has 4 aromatic rings. The molecule has 0 fully saturated rings.